The van der Waals surface area contributed by atoms with Gasteiger partial charge in [-0.3, -0.25) is 4.90 Å². The first-order valence-corrected chi connectivity index (χ1v) is 10.4. The zero-order valence-corrected chi connectivity index (χ0v) is 17.5. The summed E-state index contributed by atoms with van der Waals surface area (Å²) in [6.07, 6.45) is 6.95. The molecular formula is C23H30N4O2. The highest BCUT2D eigenvalue weighted by molar-refractivity contribution is 5.74. The molecule has 2 N–H and O–H groups in total. The lowest BCUT2D eigenvalue weighted by molar-refractivity contribution is 0.134. The van der Waals surface area contributed by atoms with Crippen molar-refractivity contribution in [3.05, 3.63) is 42.2 Å². The molecule has 0 saturated carbocycles. The zero-order chi connectivity index (χ0) is 20.4. The molecular weight excluding hydrogens is 364 g/mol. The van der Waals surface area contributed by atoms with E-state index in [0.29, 0.717) is 6.04 Å². The highest BCUT2D eigenvalue weighted by atomic mass is 16.5. The molecule has 29 heavy (non-hydrogen) atoms. The lowest BCUT2D eigenvalue weighted by atomic mass is 9.99. The second kappa shape index (κ2) is 8.33. The molecule has 3 aromatic rings. The first kappa shape index (κ1) is 19.6. The van der Waals surface area contributed by atoms with E-state index >= 15 is 0 Å². The number of nitrogens with zero attached hydrogens (tertiary/aromatic N) is 3. The summed E-state index contributed by atoms with van der Waals surface area (Å²) in [5.41, 5.74) is 10.7. The molecule has 1 aliphatic heterocycles. The Morgan fingerprint density at radius 1 is 1.14 bits per heavy atom. The van der Waals surface area contributed by atoms with E-state index in [1.54, 1.807) is 14.2 Å². The maximum Gasteiger partial charge on any atom is 0.137 e. The normalized spacial score (nSPS) is 17.6. The number of hydrogen-bond donors (Lipinski definition) is 1. The molecule has 2 aromatic heterocycles. The van der Waals surface area contributed by atoms with E-state index in [1.807, 2.05) is 36.5 Å². The number of piperidine rings is 1. The van der Waals surface area contributed by atoms with Gasteiger partial charge in [-0.25, -0.2) is 4.98 Å². The van der Waals surface area contributed by atoms with Crippen LogP contribution in [0.25, 0.3) is 16.9 Å². The van der Waals surface area contributed by atoms with Gasteiger partial charge in [-0.2, -0.15) is 0 Å². The van der Waals surface area contributed by atoms with Crippen LogP contribution < -0.4 is 15.2 Å². The Labute approximate surface area is 172 Å². The number of methoxy groups -OCH3 is 2. The third-order valence-corrected chi connectivity index (χ3v) is 5.98. The summed E-state index contributed by atoms with van der Waals surface area (Å²) in [7, 11) is 3.37. The van der Waals surface area contributed by atoms with Crippen LogP contribution in [0.1, 0.15) is 38.3 Å². The SMILES string of the molecule is CCC1CCCCN1Cc1c(-c2cc(OC)ccc2OC)nc2ccc(N)cn12. The van der Waals surface area contributed by atoms with Crippen molar-refractivity contribution in [2.75, 3.05) is 26.5 Å². The Kier molecular flexibility index (Phi) is 5.62. The predicted octanol–water partition coefficient (Wildman–Crippen LogP) is 4.37. The van der Waals surface area contributed by atoms with Crippen LogP contribution in [0.15, 0.2) is 36.5 Å². The number of aromatic nitrogens is 2. The van der Waals surface area contributed by atoms with Crippen molar-refractivity contribution in [1.29, 1.82) is 0 Å². The lowest BCUT2D eigenvalue weighted by Gasteiger charge is -2.35. The van der Waals surface area contributed by atoms with Gasteiger partial charge in [0.25, 0.3) is 0 Å². The van der Waals surface area contributed by atoms with Crippen LogP contribution in [0.4, 0.5) is 5.69 Å². The zero-order valence-electron chi connectivity index (χ0n) is 17.5. The van der Waals surface area contributed by atoms with Gasteiger partial charge >= 0.3 is 0 Å². The minimum Gasteiger partial charge on any atom is -0.497 e. The van der Waals surface area contributed by atoms with E-state index in [4.69, 9.17) is 20.2 Å². The van der Waals surface area contributed by atoms with Crippen molar-refractivity contribution in [3.63, 3.8) is 0 Å². The van der Waals surface area contributed by atoms with Crippen LogP contribution in [0.5, 0.6) is 11.5 Å². The molecule has 0 amide bonds. The fraction of sp³-hybridized carbons (Fsp3) is 0.435. The van der Waals surface area contributed by atoms with Gasteiger partial charge in [0.15, 0.2) is 0 Å². The first-order valence-electron chi connectivity index (χ1n) is 10.4. The monoisotopic (exact) mass is 394 g/mol. The fourth-order valence-electron chi connectivity index (χ4n) is 4.40. The molecule has 1 atom stereocenters. The van der Waals surface area contributed by atoms with E-state index in [9.17, 15) is 0 Å². The highest BCUT2D eigenvalue weighted by Crippen LogP contribution is 2.36. The van der Waals surface area contributed by atoms with Gasteiger partial charge in [0.05, 0.1) is 25.6 Å². The second-order valence-electron chi connectivity index (χ2n) is 7.69. The predicted molar refractivity (Wildman–Crippen MR) is 116 cm³/mol. The molecule has 6 heteroatoms. The van der Waals surface area contributed by atoms with Crippen molar-refractivity contribution in [1.82, 2.24) is 14.3 Å². The first-order chi connectivity index (χ1) is 14.1. The molecule has 0 spiro atoms. The van der Waals surface area contributed by atoms with E-state index in [1.165, 1.54) is 19.3 Å². The summed E-state index contributed by atoms with van der Waals surface area (Å²) < 4.78 is 13.3. The van der Waals surface area contributed by atoms with Crippen LogP contribution >= 0.6 is 0 Å². The van der Waals surface area contributed by atoms with Crippen molar-refractivity contribution in [3.8, 4) is 22.8 Å². The van der Waals surface area contributed by atoms with Gasteiger partial charge in [0, 0.05) is 30.0 Å². The van der Waals surface area contributed by atoms with Gasteiger partial charge in [-0.15, -0.1) is 0 Å². The quantitative estimate of drug-likeness (QED) is 0.673. The average molecular weight is 395 g/mol. The maximum absolute atomic E-state index is 6.12. The molecule has 1 aromatic carbocycles. The van der Waals surface area contributed by atoms with E-state index in [0.717, 1.165) is 59.3 Å². The molecule has 1 saturated heterocycles. The van der Waals surface area contributed by atoms with Crippen LogP contribution in [0.3, 0.4) is 0 Å². The Morgan fingerprint density at radius 3 is 2.76 bits per heavy atom. The summed E-state index contributed by atoms with van der Waals surface area (Å²) in [5.74, 6) is 1.57. The fourth-order valence-corrected chi connectivity index (χ4v) is 4.40. The maximum atomic E-state index is 6.12. The molecule has 154 valence electrons. The average Bonchev–Trinajstić information content (AvgIpc) is 3.11. The Hall–Kier alpha value is -2.73. The largest absolute Gasteiger partial charge is 0.497 e. The second-order valence-corrected chi connectivity index (χ2v) is 7.69. The number of fused-ring (bicyclic) bond motifs is 1. The molecule has 1 fully saturated rings. The Balaban J connectivity index is 1.87. The van der Waals surface area contributed by atoms with Crippen LogP contribution in [-0.2, 0) is 6.54 Å². The lowest BCUT2D eigenvalue weighted by Crippen LogP contribution is -2.38. The number of anilines is 1. The minimum absolute atomic E-state index is 0.607. The standard InChI is InChI=1S/C23H30N4O2/c1-4-17-7-5-6-12-26(17)15-20-23(25-22-11-8-16(24)14-27(20)22)19-13-18(28-2)9-10-21(19)29-3/h8-11,13-14,17H,4-7,12,15,24H2,1-3H3. The molecule has 1 unspecified atom stereocenters. The molecule has 1 aliphatic rings. The Bertz CT molecular complexity index is 998. The number of rotatable bonds is 6. The third-order valence-electron chi connectivity index (χ3n) is 5.98. The number of benzene rings is 1. The van der Waals surface area contributed by atoms with Gasteiger partial charge in [-0.05, 0) is 56.1 Å². The number of imidazole rings is 1. The number of nitrogens with two attached hydrogens (primary N) is 1. The van der Waals surface area contributed by atoms with Crippen LogP contribution in [0, 0.1) is 0 Å². The van der Waals surface area contributed by atoms with E-state index in [2.05, 4.69) is 16.2 Å². The van der Waals surface area contributed by atoms with Gasteiger partial charge in [-0.1, -0.05) is 13.3 Å². The van der Waals surface area contributed by atoms with Crippen molar-refractivity contribution >= 4 is 11.3 Å². The van der Waals surface area contributed by atoms with Gasteiger partial charge in [0.1, 0.15) is 17.1 Å². The third kappa shape index (κ3) is 3.77. The smallest absolute Gasteiger partial charge is 0.137 e. The molecule has 3 heterocycles. The summed E-state index contributed by atoms with van der Waals surface area (Å²) in [4.78, 5) is 7.56. The van der Waals surface area contributed by atoms with E-state index < -0.39 is 0 Å². The molecule has 0 bridgehead atoms. The summed E-state index contributed by atoms with van der Waals surface area (Å²) >= 11 is 0. The van der Waals surface area contributed by atoms with Crippen molar-refractivity contribution < 1.29 is 9.47 Å². The molecule has 6 nitrogen and oxygen atoms in total. The number of likely N-dealkylation sites (tertiary alicyclic amines) is 1. The molecule has 0 aliphatic carbocycles. The van der Waals surface area contributed by atoms with Crippen molar-refractivity contribution in [2.45, 2.75) is 45.2 Å². The minimum atomic E-state index is 0.607. The number of nitrogen functional groups attached to an aromatic ring is 1. The van der Waals surface area contributed by atoms with Crippen LogP contribution in [0.2, 0.25) is 0 Å². The number of ether oxygens (including phenoxy) is 2. The molecule has 4 rings (SSSR count). The topological polar surface area (TPSA) is 65.0 Å². The summed E-state index contributed by atoms with van der Waals surface area (Å²) in [6.45, 7) is 4.23. The Morgan fingerprint density at radius 2 is 2.00 bits per heavy atom. The van der Waals surface area contributed by atoms with E-state index in [-0.39, 0.29) is 0 Å². The number of hydrogen-bond acceptors (Lipinski definition) is 5. The van der Waals surface area contributed by atoms with Gasteiger partial charge in [0.2, 0.25) is 0 Å². The number of pyridine rings is 1. The molecule has 0 radical (unpaired) electrons. The summed E-state index contributed by atoms with van der Waals surface area (Å²) in [6, 6.07) is 10.3. The van der Waals surface area contributed by atoms with Gasteiger partial charge < -0.3 is 19.6 Å². The highest BCUT2D eigenvalue weighted by Gasteiger charge is 2.25. The summed E-state index contributed by atoms with van der Waals surface area (Å²) in [5, 5.41) is 0. The van der Waals surface area contributed by atoms with Crippen molar-refractivity contribution in [2.24, 2.45) is 0 Å². The van der Waals surface area contributed by atoms with Crippen LogP contribution in [-0.4, -0.2) is 41.1 Å².